The quantitative estimate of drug-likeness (QED) is 0.0546. The van der Waals surface area contributed by atoms with Crippen LogP contribution in [0.5, 0.6) is 11.5 Å². The third-order valence-electron chi connectivity index (χ3n) is 7.30. The van der Waals surface area contributed by atoms with Crippen molar-refractivity contribution in [2.75, 3.05) is 33.8 Å². The molecule has 248 valence electrons. The zero-order chi connectivity index (χ0) is 33.5. The predicted octanol–water partition coefficient (Wildman–Crippen LogP) is -3.55. The second kappa shape index (κ2) is 17.1. The molecule has 15 nitrogen and oxygen atoms in total. The fourth-order valence-electron chi connectivity index (χ4n) is 4.91. The molecule has 1 aliphatic rings. The van der Waals surface area contributed by atoms with Crippen LogP contribution in [0.15, 0.2) is 51.9 Å². The summed E-state index contributed by atoms with van der Waals surface area (Å²) >= 11 is 0. The molecule has 0 radical (unpaired) electrons. The molecule has 5 atom stereocenters. The topological polar surface area (TPSA) is 228 Å². The second-order valence-electron chi connectivity index (χ2n) is 10.9. The van der Waals surface area contributed by atoms with Crippen LogP contribution < -0.4 is 54.9 Å². The van der Waals surface area contributed by atoms with Crippen molar-refractivity contribution < 1.29 is 88.1 Å². The number of amides is 1. The molecule has 0 unspecified atom stereocenters. The average molecular weight is 667 g/mol. The van der Waals surface area contributed by atoms with Crippen LogP contribution in [0.2, 0.25) is 0 Å². The normalized spacial score (nSPS) is 20.8. The molecule has 3 aromatic rings. The van der Waals surface area contributed by atoms with Gasteiger partial charge in [0.1, 0.15) is 53.9 Å². The molecule has 16 heteroatoms. The smallest absolute Gasteiger partial charge is 0.550 e. The summed E-state index contributed by atoms with van der Waals surface area (Å²) in [6.07, 6.45) is -7.96. The maximum absolute atomic E-state index is 13.7. The molecule has 1 aliphatic heterocycles. The van der Waals surface area contributed by atoms with Gasteiger partial charge in [-0.15, -0.1) is 0 Å². The monoisotopic (exact) mass is 666 g/mol. The van der Waals surface area contributed by atoms with Crippen molar-refractivity contribution in [1.82, 2.24) is 10.2 Å². The zero-order valence-electron chi connectivity index (χ0n) is 26.1. The van der Waals surface area contributed by atoms with E-state index in [9.17, 15) is 44.7 Å². The molecule has 2 heterocycles. The van der Waals surface area contributed by atoms with E-state index >= 15 is 0 Å². The Labute approximate surface area is 290 Å². The van der Waals surface area contributed by atoms with Crippen molar-refractivity contribution in [2.24, 2.45) is 0 Å². The number of benzene rings is 2. The molecule has 47 heavy (non-hydrogen) atoms. The number of carboxylic acids is 1. The van der Waals surface area contributed by atoms with Crippen LogP contribution in [0, 0.1) is 0 Å². The van der Waals surface area contributed by atoms with E-state index in [0.29, 0.717) is 18.5 Å². The van der Waals surface area contributed by atoms with Crippen LogP contribution in [0.4, 0.5) is 4.79 Å². The number of fused-ring (bicyclic) bond motifs is 1. The van der Waals surface area contributed by atoms with Gasteiger partial charge < -0.3 is 59.2 Å². The summed E-state index contributed by atoms with van der Waals surface area (Å²) in [5.74, 6) is -2.21. The Kier molecular flexibility index (Phi) is 13.9. The summed E-state index contributed by atoms with van der Waals surface area (Å²) in [6.45, 7) is 0.277. The molecule has 0 spiro atoms. The maximum atomic E-state index is 13.7. The maximum Gasteiger partial charge on any atom is 1.00 e. The van der Waals surface area contributed by atoms with E-state index in [1.54, 1.807) is 0 Å². The summed E-state index contributed by atoms with van der Waals surface area (Å²) in [4.78, 5) is 50.7. The standard InChI is InChI=1S/C31H36N2O13.Na/c1-33(2)13-3-12-32-31(42)46-20-9-8-18-25(38)19(16-4-6-17(7-5-16)44-23(37)11-10-22(35)36)15-43-29(18)24(20)30-28(41)27(40)26(39)21(14-34)45-30;/h4-9,15,21,26-28,30,34,39-41H,3,10-14H2,1-2H3,(H,32,42)(H,35,36);/q;+1/p-1/t21-,26-,27+,28-,30+;/m1./s1. The SMILES string of the molecule is CN(C)CCCNC(=O)Oc1ccc2c(=O)c(-c3ccc(OC(=O)CCC(=O)[O-])cc3)coc2c1[C@@H]1O[C@H](CO)[C@@H](O)[C@H](O)[C@H]1O.[Na+]. The van der Waals surface area contributed by atoms with E-state index in [1.165, 1.54) is 36.4 Å². The zero-order valence-corrected chi connectivity index (χ0v) is 28.1. The van der Waals surface area contributed by atoms with E-state index < -0.39 is 67.0 Å². The molecular weight excluding hydrogens is 631 g/mol. The van der Waals surface area contributed by atoms with E-state index in [0.717, 1.165) is 6.26 Å². The molecule has 1 saturated heterocycles. The number of aliphatic hydroxyl groups excluding tert-OH is 4. The third-order valence-corrected chi connectivity index (χ3v) is 7.30. The van der Waals surface area contributed by atoms with Gasteiger partial charge in [0, 0.05) is 12.5 Å². The largest absolute Gasteiger partial charge is 1.00 e. The van der Waals surface area contributed by atoms with E-state index in [-0.39, 0.29) is 76.1 Å². The number of nitrogens with zero attached hydrogens (tertiary/aromatic N) is 1. The summed E-state index contributed by atoms with van der Waals surface area (Å²) in [5, 5.41) is 54.6. The minimum atomic E-state index is -1.78. The fourth-order valence-corrected chi connectivity index (χ4v) is 4.91. The van der Waals surface area contributed by atoms with Crippen molar-refractivity contribution in [3.63, 3.8) is 0 Å². The first-order chi connectivity index (χ1) is 21.9. The number of hydrogen-bond donors (Lipinski definition) is 5. The van der Waals surface area contributed by atoms with Crippen LogP contribution in [0.25, 0.3) is 22.1 Å². The molecular formula is C31H35N2NaO13. The number of carbonyl (C=O) groups is 3. The molecule has 5 N–H and O–H groups in total. The summed E-state index contributed by atoms with van der Waals surface area (Å²) in [7, 11) is 3.77. The van der Waals surface area contributed by atoms with Crippen LogP contribution in [0.3, 0.4) is 0 Å². The van der Waals surface area contributed by atoms with Gasteiger partial charge in [0.05, 0.1) is 29.5 Å². The Morgan fingerprint density at radius 3 is 2.32 bits per heavy atom. The molecule has 0 aliphatic carbocycles. The minimum Gasteiger partial charge on any atom is -0.550 e. The van der Waals surface area contributed by atoms with Crippen LogP contribution in [-0.2, 0) is 14.3 Å². The Balaban J connectivity index is 0.00000600. The Hall–Kier alpha value is -3.38. The number of nitrogens with one attached hydrogen (secondary N) is 1. The molecule has 1 aromatic heterocycles. The first-order valence-electron chi connectivity index (χ1n) is 14.4. The molecule has 1 amide bonds. The first kappa shape index (κ1) is 38.1. The third kappa shape index (κ3) is 9.37. The second-order valence-corrected chi connectivity index (χ2v) is 10.9. The average Bonchev–Trinajstić information content (AvgIpc) is 3.02. The van der Waals surface area contributed by atoms with Crippen molar-refractivity contribution in [3.05, 3.63) is 58.4 Å². The van der Waals surface area contributed by atoms with Gasteiger partial charge in [0.2, 0.25) is 5.43 Å². The van der Waals surface area contributed by atoms with Crippen LogP contribution in [0.1, 0.15) is 30.9 Å². The number of esters is 1. The number of carbonyl (C=O) groups excluding carboxylic acids is 3. The summed E-state index contributed by atoms with van der Waals surface area (Å²) in [5.41, 5.74) is -0.327. The van der Waals surface area contributed by atoms with Gasteiger partial charge in [0.15, 0.2) is 0 Å². The Morgan fingerprint density at radius 2 is 1.68 bits per heavy atom. The number of aliphatic carboxylic acids is 1. The minimum absolute atomic E-state index is 0. The molecule has 2 aromatic carbocycles. The predicted molar refractivity (Wildman–Crippen MR) is 158 cm³/mol. The summed E-state index contributed by atoms with van der Waals surface area (Å²) < 4.78 is 22.2. The molecule has 1 fully saturated rings. The van der Waals surface area contributed by atoms with Gasteiger partial charge in [-0.1, -0.05) is 12.1 Å². The van der Waals surface area contributed by atoms with Gasteiger partial charge in [0.25, 0.3) is 0 Å². The van der Waals surface area contributed by atoms with Crippen LogP contribution >= 0.6 is 0 Å². The van der Waals surface area contributed by atoms with Gasteiger partial charge >= 0.3 is 41.6 Å². The fraction of sp³-hybridized carbons (Fsp3) is 0.419. The molecule has 4 rings (SSSR count). The Morgan fingerprint density at radius 1 is 0.979 bits per heavy atom. The van der Waals surface area contributed by atoms with Crippen LogP contribution in [-0.4, -0.2) is 102 Å². The van der Waals surface area contributed by atoms with E-state index in [2.05, 4.69) is 5.32 Å². The number of carboxylic acid groups (broad SMARTS) is 1. The first-order valence-corrected chi connectivity index (χ1v) is 14.4. The number of rotatable bonds is 12. The van der Waals surface area contributed by atoms with Gasteiger partial charge in [-0.3, -0.25) is 9.59 Å². The number of aliphatic hydroxyl groups is 4. The molecule has 0 saturated carbocycles. The van der Waals surface area contributed by atoms with Gasteiger partial charge in [-0.05, 0) is 63.3 Å². The Bertz CT molecular complexity index is 1610. The van der Waals surface area contributed by atoms with Gasteiger partial charge in [-0.25, -0.2) is 4.79 Å². The number of hydrogen-bond acceptors (Lipinski definition) is 14. The van der Waals surface area contributed by atoms with Crippen molar-refractivity contribution in [1.29, 1.82) is 0 Å². The molecule has 0 bridgehead atoms. The van der Waals surface area contributed by atoms with Crippen molar-refractivity contribution in [3.8, 4) is 22.6 Å². The van der Waals surface area contributed by atoms with Gasteiger partial charge in [-0.2, -0.15) is 0 Å². The van der Waals surface area contributed by atoms with Crippen molar-refractivity contribution in [2.45, 2.75) is 49.8 Å². The van der Waals surface area contributed by atoms with E-state index in [4.69, 9.17) is 18.6 Å². The van der Waals surface area contributed by atoms with Crippen molar-refractivity contribution >= 4 is 29.0 Å². The number of ether oxygens (including phenoxy) is 3. The summed E-state index contributed by atoms with van der Waals surface area (Å²) in [6, 6.07) is 8.42. The van der Waals surface area contributed by atoms with E-state index in [1.807, 2.05) is 19.0 Å².